The van der Waals surface area contributed by atoms with Crippen LogP contribution in [0.15, 0.2) is 30.3 Å². The molecule has 0 aliphatic carbocycles. The third-order valence-corrected chi connectivity index (χ3v) is 8.63. The Hall–Kier alpha value is -2.19. The van der Waals surface area contributed by atoms with Gasteiger partial charge in [-0.15, -0.1) is 0 Å². The van der Waals surface area contributed by atoms with Crippen LogP contribution < -0.4 is 9.47 Å². The molecule has 192 valence electrons. The fraction of sp³-hybridized carbons (Fsp3) is 0.533. The maximum atomic E-state index is 14.1. The number of benzene rings is 2. The van der Waals surface area contributed by atoms with Crippen molar-refractivity contribution >= 4 is 19.0 Å². The molecule has 2 aromatic rings. The second kappa shape index (κ2) is 11.2. The first-order chi connectivity index (χ1) is 16.1. The van der Waals surface area contributed by atoms with Crippen LogP contribution in [0.2, 0.25) is 0 Å². The second-order valence-electron chi connectivity index (χ2n) is 11.9. The van der Waals surface area contributed by atoms with Crippen LogP contribution in [-0.4, -0.2) is 31.4 Å². The average Bonchev–Trinajstić information content (AvgIpc) is 2.74. The molecule has 5 heteroatoms. The molecule has 0 aliphatic heterocycles. The third-order valence-electron chi connectivity index (χ3n) is 6.20. The van der Waals surface area contributed by atoms with Gasteiger partial charge in [0, 0.05) is 19.6 Å². The van der Waals surface area contributed by atoms with Gasteiger partial charge < -0.3 is 9.47 Å². The van der Waals surface area contributed by atoms with Crippen molar-refractivity contribution in [3.8, 4) is 11.5 Å². The van der Waals surface area contributed by atoms with Gasteiger partial charge in [0.1, 0.15) is 11.5 Å². The number of carbonyl (C=O) groups excluding carboxylic acids is 2. The fourth-order valence-corrected chi connectivity index (χ4v) is 7.04. The average molecular weight is 499 g/mol. The maximum Gasteiger partial charge on any atom is 0.195 e. The molecule has 0 spiro atoms. The van der Waals surface area contributed by atoms with Gasteiger partial charge in [-0.25, -0.2) is 0 Å². The van der Waals surface area contributed by atoms with Gasteiger partial charge in [-0.05, 0) is 72.0 Å². The van der Waals surface area contributed by atoms with Crippen LogP contribution in [0.5, 0.6) is 11.5 Å². The maximum absolute atomic E-state index is 14.1. The number of aryl methyl sites for hydroxylation is 2. The highest BCUT2D eigenvalue weighted by Gasteiger charge is 2.34. The molecule has 0 aliphatic rings. The van der Waals surface area contributed by atoms with Gasteiger partial charge >= 0.3 is 0 Å². The molecule has 4 nitrogen and oxygen atoms in total. The molecule has 2 unspecified atom stereocenters. The van der Waals surface area contributed by atoms with E-state index < -0.39 is 7.92 Å². The van der Waals surface area contributed by atoms with Crippen molar-refractivity contribution in [2.75, 3.05) is 20.4 Å². The monoisotopic (exact) mass is 498 g/mol. The smallest absolute Gasteiger partial charge is 0.195 e. The summed E-state index contributed by atoms with van der Waals surface area (Å²) in [6.07, 6.45) is 1.49. The molecule has 0 saturated heterocycles. The van der Waals surface area contributed by atoms with Crippen molar-refractivity contribution in [3.63, 3.8) is 0 Å². The molecule has 0 fully saturated rings. The minimum Gasteiger partial charge on any atom is -0.497 e. The van der Waals surface area contributed by atoms with Gasteiger partial charge in [0.15, 0.2) is 11.0 Å². The van der Waals surface area contributed by atoms with E-state index in [0.717, 1.165) is 17.5 Å². The summed E-state index contributed by atoms with van der Waals surface area (Å²) in [5.74, 6) is 1.28. The number of methoxy groups -OCH3 is 2. The van der Waals surface area contributed by atoms with E-state index >= 15 is 0 Å². The minimum atomic E-state index is -1.63. The van der Waals surface area contributed by atoms with Crippen LogP contribution in [0.3, 0.4) is 0 Å². The largest absolute Gasteiger partial charge is 0.497 e. The summed E-state index contributed by atoms with van der Waals surface area (Å²) in [5.41, 5.74) is 4.11. The Morgan fingerprint density at radius 3 is 1.91 bits per heavy atom. The molecule has 2 aromatic carbocycles. The van der Waals surface area contributed by atoms with Gasteiger partial charge in [-0.1, -0.05) is 60.6 Å². The Bertz CT molecular complexity index is 1050. The Balaban J connectivity index is 2.59. The Kier molecular flexibility index (Phi) is 9.33. The Morgan fingerprint density at radius 2 is 1.46 bits per heavy atom. The second-order valence-corrected chi connectivity index (χ2v) is 13.9. The van der Waals surface area contributed by atoms with Crippen molar-refractivity contribution < 1.29 is 19.1 Å². The first-order valence-corrected chi connectivity index (χ1v) is 13.8. The molecule has 2 rings (SSSR count). The van der Waals surface area contributed by atoms with E-state index in [1.54, 1.807) is 25.3 Å². The minimum absolute atomic E-state index is 0.0185. The quantitative estimate of drug-likeness (QED) is 0.327. The topological polar surface area (TPSA) is 52.6 Å². The molecule has 0 radical (unpaired) electrons. The number of carbonyl (C=O) groups is 2. The van der Waals surface area contributed by atoms with Crippen LogP contribution in [0.25, 0.3) is 0 Å². The van der Waals surface area contributed by atoms with Crippen LogP contribution in [0, 0.1) is 25.2 Å². The van der Waals surface area contributed by atoms with Gasteiger partial charge in [0.25, 0.3) is 0 Å². The van der Waals surface area contributed by atoms with Crippen molar-refractivity contribution in [2.24, 2.45) is 11.3 Å². The lowest BCUT2D eigenvalue weighted by Gasteiger charge is -2.27. The van der Waals surface area contributed by atoms with E-state index in [2.05, 4.69) is 60.6 Å². The summed E-state index contributed by atoms with van der Waals surface area (Å²) in [6, 6.07) is 9.38. The first-order valence-electron chi connectivity index (χ1n) is 12.3. The van der Waals surface area contributed by atoms with Gasteiger partial charge in [-0.2, -0.15) is 0 Å². The highest BCUT2D eigenvalue weighted by Crippen LogP contribution is 2.49. The zero-order chi connectivity index (χ0) is 26.7. The predicted octanol–water partition coefficient (Wildman–Crippen LogP) is 8.15. The molecule has 0 N–H and O–H groups in total. The van der Waals surface area contributed by atoms with Crippen LogP contribution in [0.4, 0.5) is 0 Å². The first kappa shape index (κ1) is 29.0. The fourth-order valence-electron chi connectivity index (χ4n) is 4.67. The molecule has 0 aromatic heterocycles. The zero-order valence-corrected chi connectivity index (χ0v) is 24.4. The SMILES string of the molecule is COc1ccc(C(=O)P(CC(C)CC(C)(C)C)C(=O)c2c(C)cc(C(C)(C)C)cc2C)c(OC)c1. The van der Waals surface area contributed by atoms with Crippen molar-refractivity contribution in [1.29, 1.82) is 0 Å². The van der Waals surface area contributed by atoms with E-state index in [0.29, 0.717) is 28.8 Å². The highest BCUT2D eigenvalue weighted by molar-refractivity contribution is 7.90. The standard InChI is InChI=1S/C30H43O4P/c1-19(17-29(4,5)6)18-35(27(31)24-13-12-23(33-10)16-25(24)34-11)28(32)26-20(2)14-22(15-21(26)3)30(7,8)9/h12-16,19H,17-18H2,1-11H3. The number of rotatable bonds is 9. The molecule has 2 atom stereocenters. The molecule has 0 heterocycles. The number of ether oxygens (including phenoxy) is 2. The van der Waals surface area contributed by atoms with Crippen LogP contribution >= 0.6 is 7.92 Å². The van der Waals surface area contributed by atoms with Crippen molar-refractivity contribution in [2.45, 2.75) is 74.1 Å². The van der Waals surface area contributed by atoms with E-state index in [4.69, 9.17) is 9.47 Å². The predicted molar refractivity (Wildman–Crippen MR) is 148 cm³/mol. The summed E-state index contributed by atoms with van der Waals surface area (Å²) >= 11 is 0. The Morgan fingerprint density at radius 1 is 0.886 bits per heavy atom. The molecule has 0 saturated carbocycles. The lowest BCUT2D eigenvalue weighted by molar-refractivity contribution is 0.104. The van der Waals surface area contributed by atoms with E-state index in [1.807, 2.05) is 13.8 Å². The van der Waals surface area contributed by atoms with E-state index in [1.165, 1.54) is 12.7 Å². The summed E-state index contributed by atoms with van der Waals surface area (Å²) in [6.45, 7) is 19.2. The summed E-state index contributed by atoms with van der Waals surface area (Å²) in [5, 5.41) is 0. The van der Waals surface area contributed by atoms with E-state index in [-0.39, 0.29) is 27.8 Å². The number of hydrogen-bond donors (Lipinski definition) is 0. The van der Waals surface area contributed by atoms with Crippen molar-refractivity contribution in [3.05, 3.63) is 58.1 Å². The summed E-state index contributed by atoms with van der Waals surface area (Å²) in [7, 11) is 1.48. The molecule has 0 bridgehead atoms. The van der Waals surface area contributed by atoms with Crippen molar-refractivity contribution in [1.82, 2.24) is 0 Å². The molecular weight excluding hydrogens is 455 g/mol. The lowest BCUT2D eigenvalue weighted by Crippen LogP contribution is -2.19. The summed E-state index contributed by atoms with van der Waals surface area (Å²) < 4.78 is 10.8. The third kappa shape index (κ3) is 7.40. The molecule has 0 amide bonds. The summed E-state index contributed by atoms with van der Waals surface area (Å²) in [4.78, 5) is 28.1. The van der Waals surface area contributed by atoms with Crippen LogP contribution in [0.1, 0.15) is 92.3 Å². The van der Waals surface area contributed by atoms with Gasteiger partial charge in [-0.3, -0.25) is 9.59 Å². The van der Waals surface area contributed by atoms with Crippen LogP contribution in [-0.2, 0) is 5.41 Å². The van der Waals surface area contributed by atoms with Gasteiger partial charge in [0.05, 0.1) is 19.8 Å². The number of hydrogen-bond acceptors (Lipinski definition) is 4. The Labute approximate surface area is 213 Å². The normalized spacial score (nSPS) is 13.8. The molecular formula is C30H43O4P. The van der Waals surface area contributed by atoms with Gasteiger partial charge in [0.2, 0.25) is 0 Å². The highest BCUT2D eigenvalue weighted by atomic mass is 31.1. The molecule has 35 heavy (non-hydrogen) atoms. The van der Waals surface area contributed by atoms with E-state index in [9.17, 15) is 9.59 Å². The lowest BCUT2D eigenvalue weighted by atomic mass is 9.84. The zero-order valence-electron chi connectivity index (χ0n) is 23.5.